The summed E-state index contributed by atoms with van der Waals surface area (Å²) in [7, 11) is 0. The molecule has 0 radical (unpaired) electrons. The van der Waals surface area contributed by atoms with E-state index in [1.165, 1.54) is 0 Å². The van der Waals surface area contributed by atoms with Gasteiger partial charge >= 0.3 is 5.97 Å². The van der Waals surface area contributed by atoms with E-state index in [0.717, 1.165) is 5.57 Å². The number of allylic oxidation sites excluding steroid dienone is 1. The molecule has 0 aliphatic rings. The Morgan fingerprint density at radius 3 is 2.62 bits per heavy atom. The number of hydrogen-bond acceptors (Lipinski definition) is 3. The monoisotopic (exact) mass is 229 g/mol. The van der Waals surface area contributed by atoms with Crippen molar-refractivity contribution in [1.29, 1.82) is 0 Å². The van der Waals surface area contributed by atoms with Gasteiger partial charge in [0.1, 0.15) is 6.61 Å². The number of carboxylic acids is 1. The van der Waals surface area contributed by atoms with Gasteiger partial charge in [-0.05, 0) is 13.3 Å². The molecule has 2 N–H and O–H groups in total. The fourth-order valence-corrected chi connectivity index (χ4v) is 1.20. The zero-order valence-electron chi connectivity index (χ0n) is 9.78. The first kappa shape index (κ1) is 14.6. The number of rotatable bonds is 8. The summed E-state index contributed by atoms with van der Waals surface area (Å²) in [5, 5.41) is 11.0. The lowest BCUT2D eigenvalue weighted by molar-refractivity contribution is -0.142. The van der Waals surface area contributed by atoms with Crippen molar-refractivity contribution in [1.82, 2.24) is 5.32 Å². The lowest BCUT2D eigenvalue weighted by Gasteiger charge is -2.11. The molecule has 0 aromatic heterocycles. The summed E-state index contributed by atoms with van der Waals surface area (Å²) in [4.78, 5) is 21.6. The molecule has 0 aliphatic carbocycles. The van der Waals surface area contributed by atoms with E-state index in [0.29, 0.717) is 13.0 Å². The van der Waals surface area contributed by atoms with Crippen molar-refractivity contribution in [3.63, 3.8) is 0 Å². The molecule has 0 aliphatic heterocycles. The van der Waals surface area contributed by atoms with Gasteiger partial charge in [0.2, 0.25) is 5.91 Å². The number of nitrogens with one attached hydrogen (secondary N) is 1. The summed E-state index contributed by atoms with van der Waals surface area (Å²) in [6, 6.07) is 0. The van der Waals surface area contributed by atoms with Crippen molar-refractivity contribution in [2.45, 2.75) is 20.3 Å². The molecule has 1 atom stereocenters. The van der Waals surface area contributed by atoms with Crippen molar-refractivity contribution >= 4 is 11.9 Å². The summed E-state index contributed by atoms with van der Waals surface area (Å²) in [5.41, 5.74) is 0.963. The average Bonchev–Trinajstić information content (AvgIpc) is 2.15. The molecular weight excluding hydrogens is 210 g/mol. The van der Waals surface area contributed by atoms with Crippen LogP contribution < -0.4 is 5.32 Å². The summed E-state index contributed by atoms with van der Waals surface area (Å²) in [6.45, 7) is 7.63. The van der Waals surface area contributed by atoms with Crippen LogP contribution in [0.25, 0.3) is 0 Å². The molecule has 1 unspecified atom stereocenters. The van der Waals surface area contributed by atoms with Crippen LogP contribution in [0.2, 0.25) is 0 Å². The SMILES string of the molecule is C=C(C)CC(C)C(=O)NCCOCC(=O)O. The topological polar surface area (TPSA) is 75.6 Å². The van der Waals surface area contributed by atoms with Gasteiger partial charge in [0.25, 0.3) is 0 Å². The molecule has 0 aromatic rings. The zero-order valence-corrected chi connectivity index (χ0v) is 9.78. The minimum atomic E-state index is -1.01. The minimum Gasteiger partial charge on any atom is -0.480 e. The Balaban J connectivity index is 3.57. The second kappa shape index (κ2) is 7.87. The van der Waals surface area contributed by atoms with Gasteiger partial charge in [-0.3, -0.25) is 4.79 Å². The second-order valence-corrected chi connectivity index (χ2v) is 3.80. The lowest BCUT2D eigenvalue weighted by atomic mass is 10.0. The number of carboxylic acid groups (broad SMARTS) is 1. The molecule has 0 fully saturated rings. The Kier molecular flexibility index (Phi) is 7.20. The number of carbonyl (C=O) groups is 2. The van der Waals surface area contributed by atoms with Crippen LogP contribution in [0.5, 0.6) is 0 Å². The lowest BCUT2D eigenvalue weighted by Crippen LogP contribution is -2.32. The molecule has 0 spiro atoms. The molecule has 16 heavy (non-hydrogen) atoms. The Morgan fingerprint density at radius 1 is 1.50 bits per heavy atom. The Hall–Kier alpha value is -1.36. The van der Waals surface area contributed by atoms with Gasteiger partial charge in [0.05, 0.1) is 6.61 Å². The molecule has 92 valence electrons. The summed E-state index contributed by atoms with van der Waals surface area (Å²) < 4.78 is 4.77. The van der Waals surface area contributed by atoms with Crippen molar-refractivity contribution < 1.29 is 19.4 Å². The van der Waals surface area contributed by atoms with Crippen molar-refractivity contribution in [3.05, 3.63) is 12.2 Å². The molecule has 0 aromatic carbocycles. The van der Waals surface area contributed by atoms with Crippen LogP contribution in [0.4, 0.5) is 0 Å². The quantitative estimate of drug-likeness (QED) is 0.477. The van der Waals surface area contributed by atoms with Crippen molar-refractivity contribution in [2.75, 3.05) is 19.8 Å². The Labute approximate surface area is 95.5 Å². The molecule has 0 heterocycles. The molecule has 5 nitrogen and oxygen atoms in total. The highest BCUT2D eigenvalue weighted by Crippen LogP contribution is 2.08. The largest absolute Gasteiger partial charge is 0.480 e. The van der Waals surface area contributed by atoms with E-state index in [4.69, 9.17) is 9.84 Å². The summed E-state index contributed by atoms with van der Waals surface area (Å²) in [6.07, 6.45) is 0.655. The smallest absolute Gasteiger partial charge is 0.329 e. The number of amides is 1. The molecule has 5 heteroatoms. The van der Waals surface area contributed by atoms with Crippen LogP contribution in [0.1, 0.15) is 20.3 Å². The predicted molar refractivity (Wildman–Crippen MR) is 60.1 cm³/mol. The third-order valence-corrected chi connectivity index (χ3v) is 1.87. The summed E-state index contributed by atoms with van der Waals surface area (Å²) >= 11 is 0. The molecule has 0 saturated heterocycles. The standard InChI is InChI=1S/C11H19NO4/c1-8(2)6-9(3)11(15)12-4-5-16-7-10(13)14/h9H,1,4-7H2,2-3H3,(H,12,15)(H,13,14). The van der Waals surface area contributed by atoms with Crippen LogP contribution in [-0.2, 0) is 14.3 Å². The van der Waals surface area contributed by atoms with Crippen molar-refractivity contribution in [2.24, 2.45) is 5.92 Å². The first-order valence-corrected chi connectivity index (χ1v) is 5.15. The van der Waals surface area contributed by atoms with E-state index in [1.54, 1.807) is 0 Å². The molecular formula is C11H19NO4. The Bertz CT molecular complexity index is 263. The van der Waals surface area contributed by atoms with Crippen LogP contribution >= 0.6 is 0 Å². The van der Waals surface area contributed by atoms with Crippen molar-refractivity contribution in [3.8, 4) is 0 Å². The van der Waals surface area contributed by atoms with E-state index in [2.05, 4.69) is 11.9 Å². The fourth-order valence-electron chi connectivity index (χ4n) is 1.20. The maximum absolute atomic E-state index is 11.5. The van der Waals surface area contributed by atoms with Gasteiger partial charge in [0.15, 0.2) is 0 Å². The number of hydrogen-bond donors (Lipinski definition) is 2. The van der Waals surface area contributed by atoms with E-state index < -0.39 is 5.97 Å². The highest BCUT2D eigenvalue weighted by molar-refractivity contribution is 5.78. The average molecular weight is 229 g/mol. The summed E-state index contributed by atoms with van der Waals surface area (Å²) in [5.74, 6) is -1.19. The third-order valence-electron chi connectivity index (χ3n) is 1.87. The first-order chi connectivity index (χ1) is 7.43. The Morgan fingerprint density at radius 2 is 2.12 bits per heavy atom. The second-order valence-electron chi connectivity index (χ2n) is 3.80. The first-order valence-electron chi connectivity index (χ1n) is 5.15. The van der Waals surface area contributed by atoms with E-state index in [-0.39, 0.29) is 25.0 Å². The van der Waals surface area contributed by atoms with E-state index >= 15 is 0 Å². The highest BCUT2D eigenvalue weighted by atomic mass is 16.5. The van der Waals surface area contributed by atoms with E-state index in [9.17, 15) is 9.59 Å². The maximum Gasteiger partial charge on any atom is 0.329 e. The van der Waals surface area contributed by atoms with Gasteiger partial charge in [-0.1, -0.05) is 12.5 Å². The fraction of sp³-hybridized carbons (Fsp3) is 0.636. The highest BCUT2D eigenvalue weighted by Gasteiger charge is 2.11. The third kappa shape index (κ3) is 7.99. The number of aliphatic carboxylic acids is 1. The molecule has 0 bridgehead atoms. The van der Waals surface area contributed by atoms with Crippen LogP contribution in [0, 0.1) is 5.92 Å². The van der Waals surface area contributed by atoms with E-state index in [1.807, 2.05) is 13.8 Å². The number of carbonyl (C=O) groups excluding carboxylic acids is 1. The maximum atomic E-state index is 11.5. The predicted octanol–water partition coefficient (Wildman–Crippen LogP) is 0.806. The van der Waals surface area contributed by atoms with Crippen LogP contribution in [0.3, 0.4) is 0 Å². The van der Waals surface area contributed by atoms with Gasteiger partial charge in [0, 0.05) is 12.5 Å². The number of ether oxygens (including phenoxy) is 1. The zero-order chi connectivity index (χ0) is 12.6. The van der Waals surface area contributed by atoms with Gasteiger partial charge in [-0.15, -0.1) is 6.58 Å². The van der Waals surface area contributed by atoms with Gasteiger partial charge in [-0.2, -0.15) is 0 Å². The van der Waals surface area contributed by atoms with Crippen LogP contribution in [-0.4, -0.2) is 36.7 Å². The molecule has 0 saturated carbocycles. The minimum absolute atomic E-state index is 0.0677. The van der Waals surface area contributed by atoms with Gasteiger partial charge in [-0.25, -0.2) is 4.79 Å². The molecule has 1 amide bonds. The van der Waals surface area contributed by atoms with Crippen LogP contribution in [0.15, 0.2) is 12.2 Å². The normalized spacial score (nSPS) is 11.9. The van der Waals surface area contributed by atoms with Gasteiger partial charge < -0.3 is 15.2 Å². The molecule has 0 rings (SSSR count).